The summed E-state index contributed by atoms with van der Waals surface area (Å²) in [7, 11) is -0.610. The molecule has 0 aromatic heterocycles. The molecule has 0 aromatic rings. The molecule has 0 fully saturated rings. The van der Waals surface area contributed by atoms with Crippen LogP contribution < -0.4 is 0 Å². The Kier molecular flexibility index (Phi) is 9.02. The van der Waals surface area contributed by atoms with Gasteiger partial charge < -0.3 is 14.2 Å². The minimum Gasteiger partial charge on any atom is -0.463 e. The molecule has 0 radical (unpaired) electrons. The molecule has 4 nitrogen and oxygen atoms in total. The van der Waals surface area contributed by atoms with Crippen molar-refractivity contribution in [2.24, 2.45) is 0 Å². The van der Waals surface area contributed by atoms with Crippen LogP contribution in [0.4, 0.5) is 0 Å². The molecule has 0 bridgehead atoms. The van der Waals surface area contributed by atoms with Gasteiger partial charge in [0, 0.05) is 19.3 Å². The molecule has 0 aliphatic carbocycles. The molecule has 17 heavy (non-hydrogen) atoms. The molecular formula is C12H24O4Si. The predicted molar refractivity (Wildman–Crippen MR) is 70.8 cm³/mol. The highest BCUT2D eigenvalue weighted by Crippen LogP contribution is 2.18. The summed E-state index contributed by atoms with van der Waals surface area (Å²) in [4.78, 5) is 10.9. The van der Waals surface area contributed by atoms with Crippen LogP contribution in [0.5, 0.6) is 0 Å². The van der Waals surface area contributed by atoms with Crippen LogP contribution in [0.1, 0.15) is 27.2 Å². The first-order valence-electron chi connectivity index (χ1n) is 6.21. The SMILES string of the molecule is C=CC(=O)OCC[SiH2]C(CC)(OCC)OCC. The fourth-order valence-electron chi connectivity index (χ4n) is 1.67. The largest absolute Gasteiger partial charge is 0.463 e. The first-order valence-corrected chi connectivity index (χ1v) is 7.91. The third-order valence-electron chi connectivity index (χ3n) is 2.47. The van der Waals surface area contributed by atoms with Crippen LogP contribution in [0.15, 0.2) is 12.7 Å². The van der Waals surface area contributed by atoms with Crippen LogP contribution in [-0.4, -0.2) is 40.7 Å². The van der Waals surface area contributed by atoms with Gasteiger partial charge in [0.1, 0.15) is 5.41 Å². The average Bonchev–Trinajstić information content (AvgIpc) is 2.34. The Morgan fingerprint density at radius 2 is 1.88 bits per heavy atom. The molecule has 0 rings (SSSR count). The van der Waals surface area contributed by atoms with Crippen LogP contribution in [0.25, 0.3) is 0 Å². The Morgan fingerprint density at radius 3 is 2.29 bits per heavy atom. The normalized spacial score (nSPS) is 11.9. The highest BCUT2D eigenvalue weighted by Gasteiger charge is 2.28. The lowest BCUT2D eigenvalue weighted by atomic mass is 10.4. The van der Waals surface area contributed by atoms with Crippen molar-refractivity contribution in [3.8, 4) is 0 Å². The standard InChI is InChI=1S/C12H24O4Si/c1-5-11(13)14-9-10-17-12(6-2,15-7-3)16-8-4/h5H,1,6-10,17H2,2-4H3. The van der Waals surface area contributed by atoms with E-state index in [0.717, 1.165) is 12.5 Å². The van der Waals surface area contributed by atoms with Gasteiger partial charge in [0.15, 0.2) is 0 Å². The fourth-order valence-corrected chi connectivity index (χ4v) is 3.54. The second-order valence-electron chi connectivity index (χ2n) is 3.61. The van der Waals surface area contributed by atoms with Gasteiger partial charge in [-0.05, 0) is 26.3 Å². The van der Waals surface area contributed by atoms with Crippen molar-refractivity contribution in [1.29, 1.82) is 0 Å². The molecule has 0 aliphatic heterocycles. The van der Waals surface area contributed by atoms with E-state index in [0.29, 0.717) is 19.8 Å². The van der Waals surface area contributed by atoms with Gasteiger partial charge in [-0.2, -0.15) is 0 Å². The third kappa shape index (κ3) is 6.60. The summed E-state index contributed by atoms with van der Waals surface area (Å²) in [6, 6.07) is 0.855. The topological polar surface area (TPSA) is 44.8 Å². The molecule has 100 valence electrons. The lowest BCUT2D eigenvalue weighted by Crippen LogP contribution is -2.42. The van der Waals surface area contributed by atoms with Crippen molar-refractivity contribution in [1.82, 2.24) is 0 Å². The molecule has 5 heteroatoms. The smallest absolute Gasteiger partial charge is 0.330 e. The van der Waals surface area contributed by atoms with E-state index in [2.05, 4.69) is 13.5 Å². The maximum atomic E-state index is 10.9. The number of carbonyl (C=O) groups is 1. The van der Waals surface area contributed by atoms with Crippen molar-refractivity contribution >= 4 is 15.5 Å². The number of ether oxygens (including phenoxy) is 3. The van der Waals surface area contributed by atoms with Crippen molar-refractivity contribution in [2.75, 3.05) is 19.8 Å². The first kappa shape index (κ1) is 16.3. The van der Waals surface area contributed by atoms with E-state index in [4.69, 9.17) is 14.2 Å². The Hall–Kier alpha value is -0.653. The van der Waals surface area contributed by atoms with Gasteiger partial charge in [-0.15, -0.1) is 0 Å². The van der Waals surface area contributed by atoms with E-state index < -0.39 is 14.9 Å². The van der Waals surface area contributed by atoms with E-state index in [1.165, 1.54) is 6.08 Å². The third-order valence-corrected chi connectivity index (χ3v) is 4.78. The Balaban J connectivity index is 4.06. The van der Waals surface area contributed by atoms with Crippen LogP contribution >= 0.6 is 0 Å². The predicted octanol–water partition coefficient (Wildman–Crippen LogP) is 1.44. The molecule has 0 saturated heterocycles. The van der Waals surface area contributed by atoms with Gasteiger partial charge in [-0.25, -0.2) is 4.79 Å². The maximum Gasteiger partial charge on any atom is 0.330 e. The van der Waals surface area contributed by atoms with Crippen LogP contribution in [0.3, 0.4) is 0 Å². The summed E-state index contributed by atoms with van der Waals surface area (Å²) in [6.45, 7) is 11.1. The van der Waals surface area contributed by atoms with Crippen molar-refractivity contribution in [3.05, 3.63) is 12.7 Å². The van der Waals surface area contributed by atoms with E-state index in [1.54, 1.807) is 0 Å². The Morgan fingerprint density at radius 1 is 1.29 bits per heavy atom. The molecule has 0 N–H and O–H groups in total. The molecule has 0 aromatic carbocycles. The summed E-state index contributed by atoms with van der Waals surface area (Å²) >= 11 is 0. The summed E-state index contributed by atoms with van der Waals surface area (Å²) in [6.07, 6.45) is 2.02. The Bertz CT molecular complexity index is 225. The van der Waals surface area contributed by atoms with Crippen molar-refractivity contribution < 1.29 is 19.0 Å². The molecular weight excluding hydrogens is 236 g/mol. The van der Waals surface area contributed by atoms with E-state index >= 15 is 0 Å². The zero-order valence-corrected chi connectivity index (χ0v) is 12.6. The second kappa shape index (κ2) is 9.38. The second-order valence-corrected chi connectivity index (χ2v) is 5.89. The summed E-state index contributed by atoms with van der Waals surface area (Å²) in [5.41, 5.74) is -0.399. The molecule has 0 atom stereocenters. The van der Waals surface area contributed by atoms with Gasteiger partial charge in [0.25, 0.3) is 0 Å². The molecule has 0 heterocycles. The van der Waals surface area contributed by atoms with Crippen molar-refractivity contribution in [3.63, 3.8) is 0 Å². The average molecular weight is 260 g/mol. The zero-order valence-electron chi connectivity index (χ0n) is 11.2. The summed E-state index contributed by atoms with van der Waals surface area (Å²) in [5.74, 6) is -0.367. The molecule has 0 saturated carbocycles. The van der Waals surface area contributed by atoms with Crippen molar-refractivity contribution in [2.45, 2.75) is 38.6 Å². The highest BCUT2D eigenvalue weighted by molar-refractivity contribution is 6.39. The number of esters is 1. The maximum absolute atomic E-state index is 10.9. The highest BCUT2D eigenvalue weighted by atomic mass is 28.2. The quantitative estimate of drug-likeness (QED) is 0.196. The molecule has 0 aliphatic rings. The lowest BCUT2D eigenvalue weighted by molar-refractivity contribution is -0.177. The molecule has 0 amide bonds. The minimum atomic E-state index is -0.610. The summed E-state index contributed by atoms with van der Waals surface area (Å²) in [5, 5.41) is 0. The van der Waals surface area contributed by atoms with Gasteiger partial charge in [0.2, 0.25) is 0 Å². The van der Waals surface area contributed by atoms with Gasteiger partial charge in [-0.1, -0.05) is 13.5 Å². The number of carbonyl (C=O) groups excluding carboxylic acids is 1. The monoisotopic (exact) mass is 260 g/mol. The number of hydrogen-bond donors (Lipinski definition) is 0. The van der Waals surface area contributed by atoms with E-state index in [1.807, 2.05) is 13.8 Å². The Labute approximate surface area is 106 Å². The van der Waals surface area contributed by atoms with E-state index in [-0.39, 0.29) is 5.97 Å². The van der Waals surface area contributed by atoms with Crippen LogP contribution in [-0.2, 0) is 19.0 Å². The van der Waals surface area contributed by atoms with Crippen LogP contribution in [0, 0.1) is 0 Å². The van der Waals surface area contributed by atoms with Gasteiger partial charge >= 0.3 is 5.97 Å². The number of rotatable bonds is 10. The molecule has 0 unspecified atom stereocenters. The summed E-state index contributed by atoms with van der Waals surface area (Å²) < 4.78 is 16.4. The molecule has 0 spiro atoms. The van der Waals surface area contributed by atoms with E-state index in [9.17, 15) is 4.79 Å². The van der Waals surface area contributed by atoms with Gasteiger partial charge in [0.05, 0.1) is 16.1 Å². The first-order chi connectivity index (χ1) is 8.14. The zero-order chi connectivity index (χ0) is 13.1. The van der Waals surface area contributed by atoms with Gasteiger partial charge in [-0.3, -0.25) is 0 Å². The fraction of sp³-hybridized carbons (Fsp3) is 0.750. The minimum absolute atomic E-state index is 0.367. The number of hydrogen-bond acceptors (Lipinski definition) is 4. The lowest BCUT2D eigenvalue weighted by Gasteiger charge is -2.32. The van der Waals surface area contributed by atoms with Crippen LogP contribution in [0.2, 0.25) is 6.04 Å².